The van der Waals surface area contributed by atoms with Gasteiger partial charge in [0.2, 0.25) is 11.8 Å². The Morgan fingerprint density at radius 3 is 2.16 bits per heavy atom. The summed E-state index contributed by atoms with van der Waals surface area (Å²) in [6.07, 6.45) is 4.52. The van der Waals surface area contributed by atoms with Crippen LogP contribution in [-0.4, -0.2) is 72.5 Å². The molecule has 2 amide bonds. The molecule has 0 aromatic heterocycles. The number of nitrogens with one attached hydrogen (secondary N) is 1. The zero-order chi connectivity index (χ0) is 23.9. The van der Waals surface area contributed by atoms with Gasteiger partial charge < -0.3 is 15.0 Å². The van der Waals surface area contributed by atoms with E-state index in [1.807, 2.05) is 34.7 Å². The summed E-state index contributed by atoms with van der Waals surface area (Å²) in [6.45, 7) is 14.1. The van der Waals surface area contributed by atoms with Crippen molar-refractivity contribution in [2.45, 2.75) is 92.0 Å². The van der Waals surface area contributed by atoms with Crippen LogP contribution in [-0.2, 0) is 19.1 Å². The smallest absolute Gasteiger partial charge is 0.333 e. The Morgan fingerprint density at radius 2 is 1.68 bits per heavy atom. The van der Waals surface area contributed by atoms with Crippen molar-refractivity contribution >= 4 is 17.8 Å². The van der Waals surface area contributed by atoms with E-state index < -0.39 is 6.04 Å². The summed E-state index contributed by atoms with van der Waals surface area (Å²) >= 11 is 0. The maximum Gasteiger partial charge on any atom is 0.333 e. The number of carbonyl (C=O) groups excluding carboxylic acids is 3. The number of esters is 1. The van der Waals surface area contributed by atoms with E-state index in [-0.39, 0.29) is 47.8 Å². The summed E-state index contributed by atoms with van der Waals surface area (Å²) in [5.74, 6) is -0.589. The van der Waals surface area contributed by atoms with Crippen LogP contribution < -0.4 is 5.32 Å². The van der Waals surface area contributed by atoms with E-state index in [2.05, 4.69) is 10.2 Å². The summed E-state index contributed by atoms with van der Waals surface area (Å²) in [5.41, 5.74) is 0.473. The number of amides is 2. The highest BCUT2D eigenvalue weighted by atomic mass is 16.5. The number of piperidine rings is 1. The van der Waals surface area contributed by atoms with Crippen molar-refractivity contribution in [1.82, 2.24) is 15.1 Å². The molecule has 0 unspecified atom stereocenters. The van der Waals surface area contributed by atoms with Crippen molar-refractivity contribution in [3.8, 4) is 0 Å². The molecule has 1 aliphatic heterocycles. The Morgan fingerprint density at radius 1 is 1.06 bits per heavy atom. The molecule has 7 nitrogen and oxygen atoms in total. The van der Waals surface area contributed by atoms with Gasteiger partial charge in [0.15, 0.2) is 0 Å². The molecule has 178 valence electrons. The monoisotopic (exact) mass is 437 g/mol. The molecule has 1 aliphatic rings. The molecule has 3 atom stereocenters. The van der Waals surface area contributed by atoms with Gasteiger partial charge in [-0.05, 0) is 59.0 Å². The van der Waals surface area contributed by atoms with Gasteiger partial charge in [-0.25, -0.2) is 4.79 Å². The van der Waals surface area contributed by atoms with Gasteiger partial charge in [0.1, 0.15) is 6.04 Å². The minimum Gasteiger partial charge on any atom is -0.460 e. The fraction of sp³-hybridized carbons (Fsp3) is 0.792. The normalized spacial score (nSPS) is 20.0. The van der Waals surface area contributed by atoms with Gasteiger partial charge in [-0.15, -0.1) is 0 Å². The Bertz CT molecular complexity index is 657. The average Bonchev–Trinajstić information content (AvgIpc) is 2.68. The Kier molecular flexibility index (Phi) is 10.7. The molecule has 1 fully saturated rings. The van der Waals surface area contributed by atoms with Gasteiger partial charge >= 0.3 is 5.97 Å². The van der Waals surface area contributed by atoms with E-state index in [0.717, 1.165) is 25.8 Å². The van der Waals surface area contributed by atoms with Crippen LogP contribution in [0.2, 0.25) is 0 Å². The molecule has 1 saturated heterocycles. The van der Waals surface area contributed by atoms with Crippen LogP contribution >= 0.6 is 0 Å². The van der Waals surface area contributed by atoms with Crippen molar-refractivity contribution in [3.63, 3.8) is 0 Å². The highest BCUT2D eigenvalue weighted by Crippen LogP contribution is 2.19. The third kappa shape index (κ3) is 7.95. The molecule has 7 heteroatoms. The predicted octanol–water partition coefficient (Wildman–Crippen LogP) is 2.99. The Hall–Kier alpha value is -1.89. The van der Waals surface area contributed by atoms with Crippen molar-refractivity contribution < 1.29 is 19.1 Å². The maximum atomic E-state index is 13.4. The number of carbonyl (C=O) groups is 3. The summed E-state index contributed by atoms with van der Waals surface area (Å²) in [5, 5.41) is 3.01. The maximum absolute atomic E-state index is 13.4. The molecule has 0 aromatic carbocycles. The molecule has 31 heavy (non-hydrogen) atoms. The van der Waals surface area contributed by atoms with Gasteiger partial charge in [-0.1, -0.05) is 40.2 Å². The van der Waals surface area contributed by atoms with Crippen LogP contribution in [0.15, 0.2) is 11.6 Å². The first-order chi connectivity index (χ1) is 14.4. The molecular weight excluding hydrogens is 394 g/mol. The molecule has 1 N–H and O–H groups in total. The first-order valence-corrected chi connectivity index (χ1v) is 11.5. The number of hydrogen-bond acceptors (Lipinski definition) is 5. The molecule has 0 saturated carbocycles. The lowest BCUT2D eigenvalue weighted by atomic mass is 9.96. The SMILES string of the molecule is C/C(=C\[C@H](C(C)C)N(C)C(=O)[C@@H](NC(=O)[C@H]1CCCCN1C)C(C)C)C(=O)OC(C)C. The molecule has 1 rings (SSSR count). The largest absolute Gasteiger partial charge is 0.460 e. The lowest BCUT2D eigenvalue weighted by Gasteiger charge is -2.36. The number of rotatable bonds is 9. The second kappa shape index (κ2) is 12.2. The quantitative estimate of drug-likeness (QED) is 0.443. The molecule has 1 heterocycles. The van der Waals surface area contributed by atoms with Crippen molar-refractivity contribution in [2.75, 3.05) is 20.6 Å². The summed E-state index contributed by atoms with van der Waals surface area (Å²) in [7, 11) is 3.69. The molecular formula is C24H43N3O4. The first kappa shape index (κ1) is 27.1. The third-order valence-electron chi connectivity index (χ3n) is 5.87. The number of hydrogen-bond donors (Lipinski definition) is 1. The second-order valence-electron chi connectivity index (χ2n) is 9.71. The number of nitrogens with zero attached hydrogens (tertiary/aromatic N) is 2. The molecule has 0 spiro atoms. The van der Waals surface area contributed by atoms with Crippen LogP contribution in [0.1, 0.15) is 67.7 Å². The number of likely N-dealkylation sites (tertiary alicyclic amines) is 1. The zero-order valence-corrected chi connectivity index (χ0v) is 20.9. The van der Waals surface area contributed by atoms with E-state index in [0.29, 0.717) is 5.57 Å². The number of ether oxygens (including phenoxy) is 1. The fourth-order valence-corrected chi connectivity index (χ4v) is 3.92. The minimum atomic E-state index is -0.620. The van der Waals surface area contributed by atoms with Gasteiger partial charge in [-0.3, -0.25) is 14.5 Å². The third-order valence-corrected chi connectivity index (χ3v) is 5.87. The highest BCUT2D eigenvalue weighted by Gasteiger charge is 2.34. The van der Waals surface area contributed by atoms with Crippen LogP contribution in [0.25, 0.3) is 0 Å². The van der Waals surface area contributed by atoms with Crippen LogP contribution in [0, 0.1) is 11.8 Å². The molecule has 0 bridgehead atoms. The van der Waals surface area contributed by atoms with E-state index >= 15 is 0 Å². The first-order valence-electron chi connectivity index (χ1n) is 11.5. The molecule has 0 aliphatic carbocycles. The average molecular weight is 438 g/mol. The Balaban J connectivity index is 3.01. The lowest BCUT2D eigenvalue weighted by molar-refractivity contribution is -0.143. The lowest BCUT2D eigenvalue weighted by Crippen LogP contribution is -2.57. The standard InChI is InChI=1S/C24H43N3O4/c1-15(2)20(14-18(7)24(30)31-17(5)6)27(9)23(29)21(16(3)4)25-22(28)19-12-10-11-13-26(19)8/h14-17,19-21H,10-13H2,1-9H3,(H,25,28)/b18-14+/t19-,20-,21+/m1/s1. The van der Waals surface area contributed by atoms with Crippen LogP contribution in [0.3, 0.4) is 0 Å². The van der Waals surface area contributed by atoms with Crippen LogP contribution in [0.5, 0.6) is 0 Å². The van der Waals surface area contributed by atoms with Gasteiger partial charge in [0, 0.05) is 12.6 Å². The highest BCUT2D eigenvalue weighted by molar-refractivity contribution is 5.91. The second-order valence-corrected chi connectivity index (χ2v) is 9.71. The minimum absolute atomic E-state index is 0.0587. The summed E-state index contributed by atoms with van der Waals surface area (Å²) < 4.78 is 5.28. The number of likely N-dealkylation sites (N-methyl/N-ethyl adjacent to an activating group) is 2. The predicted molar refractivity (Wildman–Crippen MR) is 123 cm³/mol. The summed E-state index contributed by atoms with van der Waals surface area (Å²) in [4.78, 5) is 42.3. The van der Waals surface area contributed by atoms with E-state index in [4.69, 9.17) is 4.74 Å². The van der Waals surface area contributed by atoms with Gasteiger partial charge in [0.25, 0.3) is 0 Å². The van der Waals surface area contributed by atoms with Crippen molar-refractivity contribution in [3.05, 3.63) is 11.6 Å². The molecule has 0 aromatic rings. The summed E-state index contributed by atoms with van der Waals surface area (Å²) in [6, 6.07) is -1.10. The van der Waals surface area contributed by atoms with Gasteiger partial charge in [0.05, 0.1) is 18.2 Å². The van der Waals surface area contributed by atoms with Gasteiger partial charge in [-0.2, -0.15) is 0 Å². The molecule has 0 radical (unpaired) electrons. The van der Waals surface area contributed by atoms with E-state index in [1.165, 1.54) is 0 Å². The van der Waals surface area contributed by atoms with Crippen LogP contribution in [0.4, 0.5) is 0 Å². The van der Waals surface area contributed by atoms with Crippen molar-refractivity contribution in [2.24, 2.45) is 11.8 Å². The van der Waals surface area contributed by atoms with Crippen molar-refractivity contribution in [1.29, 1.82) is 0 Å². The topological polar surface area (TPSA) is 79.0 Å². The zero-order valence-electron chi connectivity index (χ0n) is 20.9. The fourth-order valence-electron chi connectivity index (χ4n) is 3.92. The van der Waals surface area contributed by atoms with E-state index in [9.17, 15) is 14.4 Å². The van der Waals surface area contributed by atoms with E-state index in [1.54, 1.807) is 38.8 Å². The Labute approximate surface area is 188 Å².